The molecular formula is C32H32F4O. The van der Waals surface area contributed by atoms with Gasteiger partial charge in [-0.15, -0.1) is 0 Å². The van der Waals surface area contributed by atoms with Crippen molar-refractivity contribution in [3.8, 4) is 0 Å². The molecule has 0 amide bonds. The molecule has 0 atom stereocenters. The van der Waals surface area contributed by atoms with Crippen LogP contribution < -0.4 is 0 Å². The van der Waals surface area contributed by atoms with E-state index in [0.717, 1.165) is 11.1 Å². The summed E-state index contributed by atoms with van der Waals surface area (Å²) >= 11 is 0. The third-order valence-electron chi connectivity index (χ3n) is 6.53. The molecule has 0 aliphatic heterocycles. The highest BCUT2D eigenvalue weighted by Gasteiger charge is 2.35. The van der Waals surface area contributed by atoms with Gasteiger partial charge in [0.05, 0.1) is 0 Å². The highest BCUT2D eigenvalue weighted by molar-refractivity contribution is 5.37. The van der Waals surface area contributed by atoms with Crippen LogP contribution in [0.15, 0.2) is 97.1 Å². The van der Waals surface area contributed by atoms with Gasteiger partial charge in [0.15, 0.2) is 0 Å². The van der Waals surface area contributed by atoms with E-state index >= 15 is 0 Å². The van der Waals surface area contributed by atoms with Crippen LogP contribution >= 0.6 is 0 Å². The molecule has 37 heavy (non-hydrogen) atoms. The third-order valence-corrected chi connectivity index (χ3v) is 6.53. The molecule has 0 aliphatic carbocycles. The molecular weight excluding hydrogens is 476 g/mol. The van der Waals surface area contributed by atoms with E-state index in [9.17, 15) is 22.7 Å². The van der Waals surface area contributed by atoms with E-state index in [1.165, 1.54) is 48.5 Å². The quantitative estimate of drug-likeness (QED) is 0.259. The average Bonchev–Trinajstić information content (AvgIpc) is 2.87. The summed E-state index contributed by atoms with van der Waals surface area (Å²) in [5.74, 6) is -0.792. The first-order chi connectivity index (χ1) is 17.5. The maximum Gasteiger partial charge on any atom is 0.123 e. The molecule has 0 saturated carbocycles. The van der Waals surface area contributed by atoms with Gasteiger partial charge in [-0.1, -0.05) is 76.2 Å². The predicted octanol–water partition coefficient (Wildman–Crippen LogP) is 8.61. The fraction of sp³-hybridized carbons (Fsp3) is 0.250. The predicted molar refractivity (Wildman–Crippen MR) is 140 cm³/mol. The van der Waals surface area contributed by atoms with Gasteiger partial charge in [-0.25, -0.2) is 17.6 Å². The van der Waals surface area contributed by atoms with Crippen LogP contribution in [0.4, 0.5) is 17.6 Å². The van der Waals surface area contributed by atoms with Gasteiger partial charge in [-0.05, 0) is 82.6 Å². The molecule has 4 rings (SSSR count). The molecule has 194 valence electrons. The van der Waals surface area contributed by atoms with Crippen molar-refractivity contribution in [3.63, 3.8) is 0 Å². The minimum Gasteiger partial charge on any atom is -0.380 e. The molecule has 4 aromatic rings. The second-order valence-corrected chi connectivity index (χ2v) is 9.76. The molecule has 1 N–H and O–H groups in total. The summed E-state index contributed by atoms with van der Waals surface area (Å²) in [5.41, 5.74) is 2.03. The smallest absolute Gasteiger partial charge is 0.123 e. The van der Waals surface area contributed by atoms with E-state index in [4.69, 9.17) is 0 Å². The standard InChI is InChI=1S/C16H16F2O.C16H16F2/c1-11(2)16(19,12-3-7-14(17)8-4-12)13-5-9-15(18)10-6-13;1-11(2)16(12-3-7-14(17)8-4-12)13-5-9-15(18)10-6-13/h3-11,19H,1-2H3;3-11,16H,1-2H3. The Bertz CT molecular complexity index is 1160. The van der Waals surface area contributed by atoms with E-state index in [1.807, 2.05) is 13.8 Å². The summed E-state index contributed by atoms with van der Waals surface area (Å²) < 4.78 is 51.9. The van der Waals surface area contributed by atoms with Gasteiger partial charge in [-0.3, -0.25) is 0 Å². The van der Waals surface area contributed by atoms with Crippen LogP contribution in [0.1, 0.15) is 55.9 Å². The topological polar surface area (TPSA) is 20.2 Å². The van der Waals surface area contributed by atoms with Gasteiger partial charge in [0.25, 0.3) is 0 Å². The van der Waals surface area contributed by atoms with Crippen molar-refractivity contribution < 1.29 is 22.7 Å². The molecule has 0 heterocycles. The van der Waals surface area contributed by atoms with Crippen molar-refractivity contribution >= 4 is 0 Å². The second kappa shape index (κ2) is 12.2. The number of hydrogen-bond donors (Lipinski definition) is 1. The fourth-order valence-electron chi connectivity index (χ4n) is 4.54. The van der Waals surface area contributed by atoms with Crippen LogP contribution in [0.5, 0.6) is 0 Å². The normalized spacial score (nSPS) is 11.6. The molecule has 0 fully saturated rings. The first-order valence-corrected chi connectivity index (χ1v) is 12.3. The van der Waals surface area contributed by atoms with Crippen molar-refractivity contribution in [2.75, 3.05) is 0 Å². The maximum atomic E-state index is 13.0. The lowest BCUT2D eigenvalue weighted by molar-refractivity contribution is 0.0316. The molecule has 0 radical (unpaired) electrons. The minimum atomic E-state index is -1.26. The summed E-state index contributed by atoms with van der Waals surface area (Å²) in [4.78, 5) is 0. The minimum absolute atomic E-state index is 0.136. The first kappa shape index (κ1) is 28.1. The maximum absolute atomic E-state index is 13.0. The Hall–Kier alpha value is -3.44. The monoisotopic (exact) mass is 508 g/mol. The van der Waals surface area contributed by atoms with E-state index in [1.54, 1.807) is 48.5 Å². The second-order valence-electron chi connectivity index (χ2n) is 9.76. The van der Waals surface area contributed by atoms with Crippen molar-refractivity contribution in [2.24, 2.45) is 11.8 Å². The highest BCUT2D eigenvalue weighted by atomic mass is 19.1. The van der Waals surface area contributed by atoms with Crippen LogP contribution in [-0.2, 0) is 5.60 Å². The Labute approximate surface area is 216 Å². The van der Waals surface area contributed by atoms with Gasteiger partial charge >= 0.3 is 0 Å². The van der Waals surface area contributed by atoms with Gasteiger partial charge < -0.3 is 5.11 Å². The Kier molecular flexibility index (Phi) is 9.28. The van der Waals surface area contributed by atoms with Gasteiger partial charge in [0, 0.05) is 5.92 Å². The lowest BCUT2D eigenvalue weighted by Gasteiger charge is -2.33. The van der Waals surface area contributed by atoms with Gasteiger partial charge in [0.1, 0.15) is 28.9 Å². The molecule has 0 aliphatic rings. The molecule has 0 unspecified atom stereocenters. The van der Waals surface area contributed by atoms with E-state index < -0.39 is 5.60 Å². The lowest BCUT2D eigenvalue weighted by atomic mass is 9.78. The summed E-state index contributed by atoms with van der Waals surface area (Å²) in [5, 5.41) is 11.0. The van der Waals surface area contributed by atoms with E-state index in [2.05, 4.69) is 13.8 Å². The summed E-state index contributed by atoms with van der Waals surface area (Å²) in [6.45, 7) is 7.95. The number of hydrogen-bond acceptors (Lipinski definition) is 1. The zero-order chi connectivity index (χ0) is 27.2. The molecule has 0 aromatic heterocycles. The SMILES string of the molecule is CC(C)C(O)(c1ccc(F)cc1)c1ccc(F)cc1.CC(C)C(c1ccc(F)cc1)c1ccc(F)cc1. The Morgan fingerprint density at radius 2 is 0.757 bits per heavy atom. The van der Waals surface area contributed by atoms with E-state index in [0.29, 0.717) is 17.0 Å². The largest absolute Gasteiger partial charge is 0.380 e. The summed E-state index contributed by atoms with van der Waals surface area (Å²) in [7, 11) is 0. The highest BCUT2D eigenvalue weighted by Crippen LogP contribution is 2.37. The fourth-order valence-corrected chi connectivity index (χ4v) is 4.54. The third kappa shape index (κ3) is 6.86. The molecule has 4 aromatic carbocycles. The van der Waals surface area contributed by atoms with Crippen LogP contribution in [0.25, 0.3) is 0 Å². The number of aliphatic hydroxyl groups is 1. The van der Waals surface area contributed by atoms with Gasteiger partial charge in [-0.2, -0.15) is 0 Å². The van der Waals surface area contributed by atoms with Crippen LogP contribution in [0.2, 0.25) is 0 Å². The number of rotatable bonds is 6. The number of halogens is 4. The molecule has 0 spiro atoms. The van der Waals surface area contributed by atoms with Crippen molar-refractivity contribution in [1.82, 2.24) is 0 Å². The number of benzene rings is 4. The Morgan fingerprint density at radius 3 is 1.00 bits per heavy atom. The van der Waals surface area contributed by atoms with E-state index in [-0.39, 0.29) is 35.1 Å². The zero-order valence-electron chi connectivity index (χ0n) is 21.4. The van der Waals surface area contributed by atoms with Crippen molar-refractivity contribution in [2.45, 2.75) is 39.2 Å². The van der Waals surface area contributed by atoms with Crippen LogP contribution in [0.3, 0.4) is 0 Å². The average molecular weight is 509 g/mol. The van der Waals surface area contributed by atoms with Crippen LogP contribution in [0, 0.1) is 35.1 Å². The van der Waals surface area contributed by atoms with Crippen LogP contribution in [-0.4, -0.2) is 5.11 Å². The molecule has 5 heteroatoms. The molecule has 0 bridgehead atoms. The van der Waals surface area contributed by atoms with Crippen molar-refractivity contribution in [1.29, 1.82) is 0 Å². The molecule has 1 nitrogen and oxygen atoms in total. The van der Waals surface area contributed by atoms with Gasteiger partial charge in [0.2, 0.25) is 0 Å². The van der Waals surface area contributed by atoms with Crippen molar-refractivity contribution in [3.05, 3.63) is 143 Å². The first-order valence-electron chi connectivity index (χ1n) is 12.3. The zero-order valence-corrected chi connectivity index (χ0v) is 21.4. The molecule has 0 saturated heterocycles. The summed E-state index contributed by atoms with van der Waals surface area (Å²) in [6, 6.07) is 24.5. The Balaban J connectivity index is 0.000000206. The Morgan fingerprint density at radius 1 is 0.486 bits per heavy atom. The lowest BCUT2D eigenvalue weighted by Crippen LogP contribution is -2.33. The summed E-state index contributed by atoms with van der Waals surface area (Å²) in [6.07, 6.45) is 0.